The van der Waals surface area contributed by atoms with Gasteiger partial charge in [-0.2, -0.15) is 0 Å². The van der Waals surface area contributed by atoms with Crippen LogP contribution < -0.4 is 10.9 Å². The summed E-state index contributed by atoms with van der Waals surface area (Å²) in [6.45, 7) is 3.02. The molecule has 1 aromatic rings. The van der Waals surface area contributed by atoms with Gasteiger partial charge in [-0.05, 0) is 34.0 Å². The monoisotopic (exact) mass is 210 g/mol. The lowest BCUT2D eigenvalue weighted by molar-refractivity contribution is 0.390. The second kappa shape index (κ2) is 5.50. The zero-order chi connectivity index (χ0) is 11.3. The molecule has 1 aromatic heterocycles. The van der Waals surface area contributed by atoms with Gasteiger partial charge in [0.15, 0.2) is 5.82 Å². The minimum atomic E-state index is -0.172. The van der Waals surface area contributed by atoms with Crippen LogP contribution in [0.4, 0.5) is 5.82 Å². The van der Waals surface area contributed by atoms with Crippen molar-refractivity contribution in [2.24, 2.45) is 0 Å². The Morgan fingerprint density at radius 2 is 2.33 bits per heavy atom. The summed E-state index contributed by atoms with van der Waals surface area (Å²) in [7, 11) is 4.06. The highest BCUT2D eigenvalue weighted by Gasteiger charge is 2.05. The van der Waals surface area contributed by atoms with E-state index in [9.17, 15) is 4.79 Å². The molecule has 5 nitrogen and oxygen atoms in total. The molecular formula is C10H18N4O. The molecule has 1 unspecified atom stereocenters. The molecule has 0 aliphatic heterocycles. The molecule has 0 aliphatic rings. The van der Waals surface area contributed by atoms with Crippen LogP contribution >= 0.6 is 0 Å². The van der Waals surface area contributed by atoms with E-state index in [4.69, 9.17) is 0 Å². The normalized spacial score (nSPS) is 12.8. The summed E-state index contributed by atoms with van der Waals surface area (Å²) >= 11 is 0. The van der Waals surface area contributed by atoms with Crippen LogP contribution in [0, 0.1) is 0 Å². The molecule has 0 amide bonds. The fraction of sp³-hybridized carbons (Fsp3) is 0.600. The molecule has 84 valence electrons. The van der Waals surface area contributed by atoms with Gasteiger partial charge in [-0.1, -0.05) is 0 Å². The van der Waals surface area contributed by atoms with Crippen LogP contribution in [0.15, 0.2) is 17.2 Å². The lowest BCUT2D eigenvalue weighted by Gasteiger charge is -2.16. The molecule has 0 aromatic carbocycles. The molecule has 0 spiro atoms. The number of rotatable bonds is 5. The van der Waals surface area contributed by atoms with E-state index < -0.39 is 0 Å². The van der Waals surface area contributed by atoms with Crippen molar-refractivity contribution in [3.63, 3.8) is 0 Å². The highest BCUT2D eigenvalue weighted by Crippen LogP contribution is 1.99. The Morgan fingerprint density at radius 1 is 1.60 bits per heavy atom. The predicted octanol–water partition coefficient (Wildman–Crippen LogP) is 0.522. The van der Waals surface area contributed by atoms with E-state index in [1.807, 2.05) is 21.0 Å². The summed E-state index contributed by atoms with van der Waals surface area (Å²) in [6.07, 6.45) is 4.07. The van der Waals surface area contributed by atoms with Gasteiger partial charge in [-0.25, -0.2) is 4.98 Å². The molecule has 5 heteroatoms. The highest BCUT2D eigenvalue weighted by atomic mass is 16.1. The molecule has 15 heavy (non-hydrogen) atoms. The Morgan fingerprint density at radius 3 is 2.93 bits per heavy atom. The molecular weight excluding hydrogens is 192 g/mol. The van der Waals surface area contributed by atoms with Gasteiger partial charge in [0.1, 0.15) is 0 Å². The summed E-state index contributed by atoms with van der Waals surface area (Å²) < 4.78 is 0. The highest BCUT2D eigenvalue weighted by molar-refractivity contribution is 5.31. The fourth-order valence-electron chi connectivity index (χ4n) is 1.21. The second-order valence-corrected chi connectivity index (χ2v) is 3.90. The van der Waals surface area contributed by atoms with E-state index in [-0.39, 0.29) is 11.6 Å². The van der Waals surface area contributed by atoms with Crippen molar-refractivity contribution in [1.82, 2.24) is 14.9 Å². The Labute approximate surface area is 89.5 Å². The SMILES string of the molecule is CC(CCN(C)C)Nc1ncc[nH]c1=O. The van der Waals surface area contributed by atoms with Gasteiger partial charge >= 0.3 is 0 Å². The van der Waals surface area contributed by atoms with Crippen LogP contribution in [-0.2, 0) is 0 Å². The number of H-pyrrole nitrogens is 1. The molecule has 0 bridgehead atoms. The number of aromatic nitrogens is 2. The van der Waals surface area contributed by atoms with Gasteiger partial charge in [0.2, 0.25) is 0 Å². The zero-order valence-corrected chi connectivity index (χ0v) is 9.45. The summed E-state index contributed by atoms with van der Waals surface area (Å²) in [5, 5.41) is 3.08. The second-order valence-electron chi connectivity index (χ2n) is 3.90. The quantitative estimate of drug-likeness (QED) is 0.744. The van der Waals surface area contributed by atoms with Gasteiger partial charge in [0, 0.05) is 18.4 Å². The lowest BCUT2D eigenvalue weighted by atomic mass is 10.2. The third kappa shape index (κ3) is 4.12. The first-order valence-corrected chi connectivity index (χ1v) is 5.04. The fourth-order valence-corrected chi connectivity index (χ4v) is 1.21. The van der Waals surface area contributed by atoms with E-state index in [1.54, 1.807) is 6.20 Å². The average Bonchev–Trinajstić information content (AvgIpc) is 2.18. The van der Waals surface area contributed by atoms with Crippen molar-refractivity contribution >= 4 is 5.82 Å². The number of nitrogens with one attached hydrogen (secondary N) is 2. The van der Waals surface area contributed by atoms with E-state index >= 15 is 0 Å². The molecule has 1 rings (SSSR count). The van der Waals surface area contributed by atoms with Crippen molar-refractivity contribution in [2.75, 3.05) is 26.0 Å². The molecule has 1 heterocycles. The van der Waals surface area contributed by atoms with Crippen LogP contribution in [-0.4, -0.2) is 41.5 Å². The van der Waals surface area contributed by atoms with Crippen LogP contribution in [0.2, 0.25) is 0 Å². The smallest absolute Gasteiger partial charge is 0.290 e. The first kappa shape index (κ1) is 11.7. The summed E-state index contributed by atoms with van der Waals surface area (Å²) in [6, 6.07) is 0.239. The van der Waals surface area contributed by atoms with E-state index in [0.717, 1.165) is 13.0 Å². The predicted molar refractivity (Wildman–Crippen MR) is 61.1 cm³/mol. The number of nitrogens with zero attached hydrogens (tertiary/aromatic N) is 2. The van der Waals surface area contributed by atoms with Gasteiger partial charge in [0.25, 0.3) is 5.56 Å². The molecule has 0 aliphatic carbocycles. The van der Waals surface area contributed by atoms with Crippen molar-refractivity contribution in [3.8, 4) is 0 Å². The lowest BCUT2D eigenvalue weighted by Crippen LogP contribution is -2.26. The van der Waals surface area contributed by atoms with Gasteiger partial charge < -0.3 is 15.2 Å². The topological polar surface area (TPSA) is 61.0 Å². The Hall–Kier alpha value is -1.36. The van der Waals surface area contributed by atoms with E-state index in [1.165, 1.54) is 6.20 Å². The molecule has 2 N–H and O–H groups in total. The van der Waals surface area contributed by atoms with E-state index in [2.05, 4.69) is 20.2 Å². The average molecular weight is 210 g/mol. The molecule has 0 fully saturated rings. The first-order valence-electron chi connectivity index (χ1n) is 5.04. The summed E-state index contributed by atoms with van der Waals surface area (Å²) in [4.78, 5) is 20.0. The van der Waals surface area contributed by atoms with Crippen LogP contribution in [0.25, 0.3) is 0 Å². The summed E-state index contributed by atoms with van der Waals surface area (Å²) in [5.74, 6) is 0.392. The minimum absolute atomic E-state index is 0.172. The maximum atomic E-state index is 11.3. The Balaban J connectivity index is 2.48. The molecule has 1 atom stereocenters. The minimum Gasteiger partial charge on any atom is -0.363 e. The van der Waals surface area contributed by atoms with Gasteiger partial charge in [0.05, 0.1) is 0 Å². The van der Waals surface area contributed by atoms with Crippen molar-refractivity contribution in [1.29, 1.82) is 0 Å². The number of hydrogen-bond acceptors (Lipinski definition) is 4. The maximum Gasteiger partial charge on any atom is 0.290 e. The van der Waals surface area contributed by atoms with E-state index in [0.29, 0.717) is 5.82 Å². The number of aromatic amines is 1. The van der Waals surface area contributed by atoms with Crippen LogP contribution in [0.1, 0.15) is 13.3 Å². The van der Waals surface area contributed by atoms with Crippen molar-refractivity contribution in [3.05, 3.63) is 22.7 Å². The number of hydrogen-bond donors (Lipinski definition) is 2. The Bertz CT molecular complexity index is 347. The van der Waals surface area contributed by atoms with Gasteiger partial charge in [-0.15, -0.1) is 0 Å². The Kier molecular flexibility index (Phi) is 4.30. The summed E-state index contributed by atoms with van der Waals surface area (Å²) in [5.41, 5.74) is -0.172. The van der Waals surface area contributed by atoms with Crippen LogP contribution in [0.5, 0.6) is 0 Å². The standard InChI is InChI=1S/C10H18N4O/c1-8(4-7-14(2)3)13-9-10(15)12-6-5-11-9/h5-6,8H,4,7H2,1-3H3,(H,11,13)(H,12,15). The molecule has 0 radical (unpaired) electrons. The van der Waals surface area contributed by atoms with Crippen molar-refractivity contribution in [2.45, 2.75) is 19.4 Å². The third-order valence-electron chi connectivity index (χ3n) is 2.10. The van der Waals surface area contributed by atoms with Crippen LogP contribution in [0.3, 0.4) is 0 Å². The molecule has 0 saturated heterocycles. The first-order chi connectivity index (χ1) is 7.09. The maximum absolute atomic E-state index is 11.3. The van der Waals surface area contributed by atoms with Crippen molar-refractivity contribution < 1.29 is 0 Å². The zero-order valence-electron chi connectivity index (χ0n) is 9.45. The third-order valence-corrected chi connectivity index (χ3v) is 2.10. The van der Waals surface area contributed by atoms with Gasteiger partial charge in [-0.3, -0.25) is 4.79 Å². The molecule has 0 saturated carbocycles. The largest absolute Gasteiger partial charge is 0.363 e. The number of anilines is 1.